The lowest BCUT2D eigenvalue weighted by molar-refractivity contribution is -0.137. The first-order valence-corrected chi connectivity index (χ1v) is 7.92. The molecule has 7 heteroatoms. The van der Waals surface area contributed by atoms with E-state index in [1.807, 2.05) is 30.3 Å². The Kier molecular flexibility index (Phi) is 3.91. The fourth-order valence-corrected chi connectivity index (χ4v) is 2.89. The number of hydrogen-bond donors (Lipinski definition) is 0. The van der Waals surface area contributed by atoms with Crippen LogP contribution in [0, 0.1) is 0 Å². The second-order valence-electron chi connectivity index (χ2n) is 5.87. The molecular formula is C19H13F3N4. The van der Waals surface area contributed by atoms with Gasteiger partial charge in [-0.3, -0.25) is 4.98 Å². The van der Waals surface area contributed by atoms with Crippen molar-refractivity contribution < 1.29 is 13.2 Å². The molecule has 0 radical (unpaired) electrons. The Morgan fingerprint density at radius 1 is 0.962 bits per heavy atom. The molecule has 0 bridgehead atoms. The van der Waals surface area contributed by atoms with Crippen LogP contribution in [0.3, 0.4) is 0 Å². The second-order valence-corrected chi connectivity index (χ2v) is 5.87. The molecule has 4 rings (SSSR count). The lowest BCUT2D eigenvalue weighted by Gasteiger charge is -2.11. The van der Waals surface area contributed by atoms with Crippen molar-refractivity contribution in [2.24, 2.45) is 0 Å². The summed E-state index contributed by atoms with van der Waals surface area (Å²) in [6.45, 7) is 0. The van der Waals surface area contributed by atoms with Crippen LogP contribution in [0.4, 0.5) is 13.2 Å². The average molecular weight is 354 g/mol. The number of para-hydroxylation sites is 1. The number of benzene rings is 2. The molecule has 0 saturated heterocycles. The monoisotopic (exact) mass is 354 g/mol. The average Bonchev–Trinajstić information content (AvgIpc) is 3.15. The van der Waals surface area contributed by atoms with Gasteiger partial charge in [0, 0.05) is 17.5 Å². The third-order valence-electron chi connectivity index (χ3n) is 4.06. The van der Waals surface area contributed by atoms with Crippen LogP contribution in [-0.4, -0.2) is 20.0 Å². The summed E-state index contributed by atoms with van der Waals surface area (Å²) in [5.74, 6) is 0. The Labute approximate surface area is 146 Å². The van der Waals surface area contributed by atoms with Crippen molar-refractivity contribution >= 4 is 10.9 Å². The van der Waals surface area contributed by atoms with Gasteiger partial charge in [0.05, 0.1) is 29.2 Å². The van der Waals surface area contributed by atoms with E-state index in [9.17, 15) is 13.2 Å². The molecule has 0 saturated carbocycles. The number of pyridine rings is 1. The molecule has 4 aromatic rings. The van der Waals surface area contributed by atoms with Crippen LogP contribution in [0.25, 0.3) is 16.6 Å². The maximum atomic E-state index is 12.9. The standard InChI is InChI=1S/C19H13F3N4/c20-19(21,22)14-5-3-4-13(10-14)11-15-12-18(26-9-8-23-25-26)16-6-1-2-7-17(16)24-15/h1-10,12H,11H2. The van der Waals surface area contributed by atoms with Gasteiger partial charge in [0.25, 0.3) is 0 Å². The molecule has 0 atom stereocenters. The third kappa shape index (κ3) is 3.15. The third-order valence-corrected chi connectivity index (χ3v) is 4.06. The first-order valence-electron chi connectivity index (χ1n) is 7.92. The number of alkyl halides is 3. The topological polar surface area (TPSA) is 43.6 Å². The molecule has 0 amide bonds. The van der Waals surface area contributed by atoms with Gasteiger partial charge < -0.3 is 0 Å². The van der Waals surface area contributed by atoms with Crippen LogP contribution in [0.5, 0.6) is 0 Å². The van der Waals surface area contributed by atoms with E-state index in [0.29, 0.717) is 11.3 Å². The molecule has 26 heavy (non-hydrogen) atoms. The van der Waals surface area contributed by atoms with Gasteiger partial charge in [0.2, 0.25) is 0 Å². The highest BCUT2D eigenvalue weighted by Gasteiger charge is 2.30. The van der Waals surface area contributed by atoms with Crippen molar-refractivity contribution in [1.82, 2.24) is 20.0 Å². The SMILES string of the molecule is FC(F)(F)c1cccc(Cc2cc(-n3ccnn3)c3ccccc3n2)c1. The molecule has 0 spiro atoms. The highest BCUT2D eigenvalue weighted by Crippen LogP contribution is 2.30. The maximum absolute atomic E-state index is 12.9. The van der Waals surface area contributed by atoms with Crippen molar-refractivity contribution in [3.63, 3.8) is 0 Å². The van der Waals surface area contributed by atoms with Crippen molar-refractivity contribution in [3.05, 3.63) is 83.8 Å². The summed E-state index contributed by atoms with van der Waals surface area (Å²) >= 11 is 0. The lowest BCUT2D eigenvalue weighted by Crippen LogP contribution is -2.06. The van der Waals surface area contributed by atoms with E-state index >= 15 is 0 Å². The number of halogens is 3. The molecule has 0 aliphatic heterocycles. The van der Waals surface area contributed by atoms with Gasteiger partial charge in [-0.1, -0.05) is 41.6 Å². The van der Waals surface area contributed by atoms with Gasteiger partial charge in [0.15, 0.2) is 0 Å². The Bertz CT molecular complexity index is 1060. The molecular weight excluding hydrogens is 341 g/mol. The predicted octanol–water partition coefficient (Wildman–Crippen LogP) is 4.43. The molecule has 130 valence electrons. The molecule has 0 aliphatic rings. The maximum Gasteiger partial charge on any atom is 0.416 e. The minimum absolute atomic E-state index is 0.288. The van der Waals surface area contributed by atoms with E-state index in [1.54, 1.807) is 23.1 Å². The van der Waals surface area contributed by atoms with Gasteiger partial charge >= 0.3 is 6.18 Å². The van der Waals surface area contributed by atoms with Crippen LogP contribution >= 0.6 is 0 Å². The fourth-order valence-electron chi connectivity index (χ4n) is 2.89. The van der Waals surface area contributed by atoms with Crippen molar-refractivity contribution in [2.45, 2.75) is 12.6 Å². The van der Waals surface area contributed by atoms with Crippen molar-refractivity contribution in [3.8, 4) is 5.69 Å². The summed E-state index contributed by atoms with van der Waals surface area (Å²) in [4.78, 5) is 4.59. The number of hydrogen-bond acceptors (Lipinski definition) is 3. The zero-order chi connectivity index (χ0) is 18.1. The highest BCUT2D eigenvalue weighted by atomic mass is 19.4. The zero-order valence-corrected chi connectivity index (χ0v) is 13.5. The van der Waals surface area contributed by atoms with E-state index in [0.717, 1.165) is 28.7 Å². The molecule has 0 unspecified atom stereocenters. The van der Waals surface area contributed by atoms with Crippen LogP contribution in [0.1, 0.15) is 16.8 Å². The quantitative estimate of drug-likeness (QED) is 0.547. The summed E-state index contributed by atoms with van der Waals surface area (Å²) in [5.41, 5.74) is 2.09. The number of nitrogens with zero attached hydrogens (tertiary/aromatic N) is 4. The summed E-state index contributed by atoms with van der Waals surface area (Å²) in [6, 6.07) is 14.7. The van der Waals surface area contributed by atoms with Gasteiger partial charge in [-0.2, -0.15) is 13.2 Å². The van der Waals surface area contributed by atoms with Gasteiger partial charge in [0.1, 0.15) is 0 Å². The Balaban J connectivity index is 1.78. The first-order chi connectivity index (χ1) is 12.5. The van der Waals surface area contributed by atoms with Gasteiger partial charge in [-0.25, -0.2) is 4.68 Å². The molecule has 2 aromatic carbocycles. The van der Waals surface area contributed by atoms with E-state index < -0.39 is 11.7 Å². The molecule has 2 aromatic heterocycles. The zero-order valence-electron chi connectivity index (χ0n) is 13.5. The normalized spacial score (nSPS) is 11.8. The number of rotatable bonds is 3. The van der Waals surface area contributed by atoms with E-state index in [1.165, 1.54) is 6.07 Å². The lowest BCUT2D eigenvalue weighted by atomic mass is 10.0. The Morgan fingerprint density at radius 2 is 1.81 bits per heavy atom. The highest BCUT2D eigenvalue weighted by molar-refractivity contribution is 5.87. The Morgan fingerprint density at radius 3 is 2.58 bits per heavy atom. The number of aromatic nitrogens is 4. The molecule has 0 aliphatic carbocycles. The van der Waals surface area contributed by atoms with E-state index in [-0.39, 0.29) is 6.42 Å². The van der Waals surface area contributed by atoms with Crippen LogP contribution in [-0.2, 0) is 12.6 Å². The summed E-state index contributed by atoms with van der Waals surface area (Å²) in [5, 5.41) is 8.74. The molecule has 2 heterocycles. The Hall–Kier alpha value is -3.22. The van der Waals surface area contributed by atoms with Crippen LogP contribution < -0.4 is 0 Å². The molecule has 4 nitrogen and oxygen atoms in total. The molecule has 0 N–H and O–H groups in total. The van der Waals surface area contributed by atoms with E-state index in [2.05, 4.69) is 15.3 Å². The minimum atomic E-state index is -4.36. The van der Waals surface area contributed by atoms with Crippen LogP contribution in [0.2, 0.25) is 0 Å². The summed E-state index contributed by atoms with van der Waals surface area (Å²) < 4.78 is 40.4. The summed E-state index contributed by atoms with van der Waals surface area (Å²) in [6.07, 6.45) is -0.785. The van der Waals surface area contributed by atoms with Crippen LogP contribution in [0.15, 0.2) is 67.0 Å². The van der Waals surface area contributed by atoms with E-state index in [4.69, 9.17) is 0 Å². The smallest absolute Gasteiger partial charge is 0.252 e. The predicted molar refractivity (Wildman–Crippen MR) is 90.9 cm³/mol. The van der Waals surface area contributed by atoms with Crippen molar-refractivity contribution in [2.75, 3.05) is 0 Å². The summed E-state index contributed by atoms with van der Waals surface area (Å²) in [7, 11) is 0. The first kappa shape index (κ1) is 16.3. The second kappa shape index (κ2) is 6.25. The van der Waals surface area contributed by atoms with Crippen molar-refractivity contribution in [1.29, 1.82) is 0 Å². The molecule has 0 fully saturated rings. The largest absolute Gasteiger partial charge is 0.416 e. The van der Waals surface area contributed by atoms with Gasteiger partial charge in [-0.05, 0) is 23.8 Å². The number of fused-ring (bicyclic) bond motifs is 1. The minimum Gasteiger partial charge on any atom is -0.252 e. The van der Waals surface area contributed by atoms with Gasteiger partial charge in [-0.15, -0.1) is 5.10 Å². The fraction of sp³-hybridized carbons (Fsp3) is 0.105.